The van der Waals surface area contributed by atoms with E-state index < -0.39 is 68.0 Å². The fourth-order valence-electron chi connectivity index (χ4n) is 4.79. The lowest BCUT2D eigenvalue weighted by molar-refractivity contribution is -0.384. The van der Waals surface area contributed by atoms with Gasteiger partial charge in [0.15, 0.2) is 0 Å². The molecule has 2 aliphatic rings. The first-order valence-corrected chi connectivity index (χ1v) is 11.7. The number of ether oxygens (including phenoxy) is 1. The van der Waals surface area contributed by atoms with E-state index in [1.807, 2.05) is 0 Å². The van der Waals surface area contributed by atoms with Gasteiger partial charge in [0.05, 0.1) is 16.1 Å². The first kappa shape index (κ1) is 27.0. The lowest BCUT2D eigenvalue weighted by atomic mass is 9.93. The standard InChI is InChI=1S/C23H29ClF3N3O5/c1-13(2)29(18-11-22(18)7-6-8-28(12-22)20(32)35-21(3,4)5)19(31)14-9-17(30(33)34)16(24)10-15(14)23(25,26)27/h9-10,13,18H,6-8,11-12H2,1-5H3. The number of nitro groups is 1. The van der Waals surface area contributed by atoms with Gasteiger partial charge in [-0.1, -0.05) is 11.6 Å². The number of carbonyl (C=O) groups is 2. The molecule has 35 heavy (non-hydrogen) atoms. The second-order valence-electron chi connectivity index (χ2n) is 10.5. The fraction of sp³-hybridized carbons (Fsp3) is 0.652. The second kappa shape index (κ2) is 9.15. The van der Waals surface area contributed by atoms with Crippen LogP contribution in [0.2, 0.25) is 5.02 Å². The summed E-state index contributed by atoms with van der Waals surface area (Å²) < 4.78 is 46.8. The third kappa shape index (κ3) is 5.65. The van der Waals surface area contributed by atoms with Crippen molar-refractivity contribution >= 4 is 29.3 Å². The molecule has 12 heteroatoms. The molecule has 1 aromatic rings. The van der Waals surface area contributed by atoms with E-state index in [4.69, 9.17) is 16.3 Å². The maximum absolute atomic E-state index is 13.8. The molecule has 0 aromatic heterocycles. The zero-order valence-electron chi connectivity index (χ0n) is 20.2. The van der Waals surface area contributed by atoms with Crippen LogP contribution in [0.3, 0.4) is 0 Å². The quantitative estimate of drug-likeness (QED) is 0.364. The summed E-state index contributed by atoms with van der Waals surface area (Å²) in [4.78, 5) is 39.4. The molecule has 1 saturated carbocycles. The molecule has 1 heterocycles. The number of likely N-dealkylation sites (tertiary alicyclic amines) is 1. The Balaban J connectivity index is 1.93. The zero-order valence-corrected chi connectivity index (χ0v) is 21.0. The van der Waals surface area contributed by atoms with E-state index in [2.05, 4.69) is 0 Å². The van der Waals surface area contributed by atoms with Gasteiger partial charge in [0, 0.05) is 36.7 Å². The number of amides is 2. The normalized spacial score (nSPS) is 22.3. The second-order valence-corrected chi connectivity index (χ2v) is 10.9. The summed E-state index contributed by atoms with van der Waals surface area (Å²) in [5, 5.41) is 10.6. The van der Waals surface area contributed by atoms with Crippen molar-refractivity contribution in [3.05, 3.63) is 38.4 Å². The molecule has 2 atom stereocenters. The number of rotatable bonds is 4. The fourth-order valence-corrected chi connectivity index (χ4v) is 5.02. The molecule has 8 nitrogen and oxygen atoms in total. The van der Waals surface area contributed by atoms with Gasteiger partial charge in [-0.25, -0.2) is 4.79 Å². The molecule has 1 saturated heterocycles. The van der Waals surface area contributed by atoms with Gasteiger partial charge >= 0.3 is 12.3 Å². The Kier molecular flexibility index (Phi) is 7.06. The summed E-state index contributed by atoms with van der Waals surface area (Å²) in [6.45, 7) is 9.43. The summed E-state index contributed by atoms with van der Waals surface area (Å²) in [6.07, 6.45) is -3.55. The Bertz CT molecular complexity index is 1040. The van der Waals surface area contributed by atoms with Crippen molar-refractivity contribution < 1.29 is 32.4 Å². The van der Waals surface area contributed by atoms with Gasteiger partial charge in [0.1, 0.15) is 10.6 Å². The molecule has 1 spiro atoms. The molecule has 1 aromatic carbocycles. The van der Waals surface area contributed by atoms with E-state index in [-0.39, 0.29) is 0 Å². The number of hydrogen-bond acceptors (Lipinski definition) is 5. The molecular weight excluding hydrogens is 491 g/mol. The smallest absolute Gasteiger partial charge is 0.417 e. The van der Waals surface area contributed by atoms with Crippen molar-refractivity contribution in [3.8, 4) is 0 Å². The molecule has 0 bridgehead atoms. The first-order valence-electron chi connectivity index (χ1n) is 11.3. The summed E-state index contributed by atoms with van der Waals surface area (Å²) in [5.41, 5.74) is -4.05. The maximum atomic E-state index is 13.8. The van der Waals surface area contributed by atoms with Crippen molar-refractivity contribution in [1.82, 2.24) is 9.80 Å². The number of hydrogen-bond donors (Lipinski definition) is 0. The van der Waals surface area contributed by atoms with Crippen molar-refractivity contribution in [2.75, 3.05) is 13.1 Å². The number of benzene rings is 1. The molecule has 2 unspecified atom stereocenters. The highest BCUT2D eigenvalue weighted by molar-refractivity contribution is 6.33. The Labute approximate surface area is 206 Å². The minimum absolute atomic E-state index is 0.315. The van der Waals surface area contributed by atoms with E-state index in [0.29, 0.717) is 44.5 Å². The largest absolute Gasteiger partial charge is 0.444 e. The van der Waals surface area contributed by atoms with Gasteiger partial charge in [-0.3, -0.25) is 14.9 Å². The zero-order chi connectivity index (χ0) is 26.5. The van der Waals surface area contributed by atoms with E-state index in [0.717, 1.165) is 0 Å². The predicted octanol–water partition coefficient (Wildman–Crippen LogP) is 5.91. The molecule has 1 aliphatic carbocycles. The van der Waals surface area contributed by atoms with Gasteiger partial charge in [-0.15, -0.1) is 0 Å². The molecule has 2 amide bonds. The molecular formula is C23H29ClF3N3O5. The van der Waals surface area contributed by atoms with Gasteiger partial charge in [-0.2, -0.15) is 13.2 Å². The molecule has 1 aliphatic heterocycles. The van der Waals surface area contributed by atoms with E-state index in [1.54, 1.807) is 39.5 Å². The Morgan fingerprint density at radius 1 is 1.29 bits per heavy atom. The van der Waals surface area contributed by atoms with Gasteiger partial charge in [0.2, 0.25) is 0 Å². The summed E-state index contributed by atoms with van der Waals surface area (Å²) in [5.74, 6) is -0.955. The number of halogens is 4. The molecule has 0 radical (unpaired) electrons. The van der Waals surface area contributed by atoms with Gasteiger partial charge < -0.3 is 14.5 Å². The van der Waals surface area contributed by atoms with Crippen molar-refractivity contribution in [1.29, 1.82) is 0 Å². The lowest BCUT2D eigenvalue weighted by Crippen LogP contribution is -2.48. The van der Waals surface area contributed by atoms with Crippen LogP contribution < -0.4 is 0 Å². The van der Waals surface area contributed by atoms with Crippen molar-refractivity contribution in [2.24, 2.45) is 5.41 Å². The lowest BCUT2D eigenvalue weighted by Gasteiger charge is -2.37. The third-order valence-electron chi connectivity index (χ3n) is 6.35. The van der Waals surface area contributed by atoms with Crippen LogP contribution in [0.25, 0.3) is 0 Å². The van der Waals surface area contributed by atoms with Crippen LogP contribution in [0.1, 0.15) is 69.8 Å². The number of carbonyl (C=O) groups excluding carboxylic acids is 2. The number of nitro benzene ring substituents is 1. The highest BCUT2D eigenvalue weighted by Crippen LogP contribution is 2.56. The molecule has 0 N–H and O–H groups in total. The van der Waals surface area contributed by atoms with Crippen LogP contribution in [0, 0.1) is 15.5 Å². The topological polar surface area (TPSA) is 93.0 Å². The highest BCUT2D eigenvalue weighted by Gasteiger charge is 2.61. The van der Waals surface area contributed by atoms with Crippen molar-refractivity contribution in [2.45, 2.75) is 77.7 Å². The van der Waals surface area contributed by atoms with Crippen LogP contribution in [0.15, 0.2) is 12.1 Å². The minimum atomic E-state index is -4.94. The average Bonchev–Trinajstić information content (AvgIpc) is 3.36. The number of alkyl halides is 3. The van der Waals surface area contributed by atoms with Crippen LogP contribution in [0.5, 0.6) is 0 Å². The van der Waals surface area contributed by atoms with E-state index in [9.17, 15) is 32.9 Å². The highest BCUT2D eigenvalue weighted by atomic mass is 35.5. The SMILES string of the molecule is CC(C)N(C(=O)c1cc([N+](=O)[O-])c(Cl)cc1C(F)(F)F)C1CC12CCCN(C(=O)OC(C)(C)C)C2. The molecule has 3 rings (SSSR count). The Hall–Kier alpha value is -2.56. The Morgan fingerprint density at radius 2 is 1.91 bits per heavy atom. The third-order valence-corrected chi connectivity index (χ3v) is 6.66. The molecule has 194 valence electrons. The summed E-state index contributed by atoms with van der Waals surface area (Å²) in [7, 11) is 0. The average molecular weight is 520 g/mol. The van der Waals surface area contributed by atoms with E-state index >= 15 is 0 Å². The van der Waals surface area contributed by atoms with Gasteiger partial charge in [0.25, 0.3) is 11.6 Å². The summed E-state index contributed by atoms with van der Waals surface area (Å²) in [6, 6.07) is 0.126. The maximum Gasteiger partial charge on any atom is 0.417 e. The van der Waals surface area contributed by atoms with Gasteiger partial charge in [-0.05, 0) is 59.9 Å². The number of nitrogens with zero attached hydrogens (tertiary/aromatic N) is 3. The van der Waals surface area contributed by atoms with Crippen LogP contribution in [-0.2, 0) is 10.9 Å². The van der Waals surface area contributed by atoms with E-state index in [1.165, 1.54) is 4.90 Å². The minimum Gasteiger partial charge on any atom is -0.444 e. The van der Waals surface area contributed by atoms with Crippen LogP contribution in [-0.4, -0.2) is 57.5 Å². The molecule has 2 fully saturated rings. The summed E-state index contributed by atoms with van der Waals surface area (Å²) >= 11 is 5.72. The predicted molar refractivity (Wildman–Crippen MR) is 122 cm³/mol. The Morgan fingerprint density at radius 3 is 2.43 bits per heavy atom. The van der Waals surface area contributed by atoms with Crippen molar-refractivity contribution in [3.63, 3.8) is 0 Å². The van der Waals surface area contributed by atoms with Crippen LogP contribution in [0.4, 0.5) is 23.7 Å². The monoisotopic (exact) mass is 519 g/mol. The number of piperidine rings is 1. The van der Waals surface area contributed by atoms with Crippen LogP contribution >= 0.6 is 11.6 Å². The first-order chi connectivity index (χ1) is 16.0.